The van der Waals surface area contributed by atoms with Crippen LogP contribution < -0.4 is 5.32 Å². The van der Waals surface area contributed by atoms with Crippen molar-refractivity contribution in [2.45, 2.75) is 34.7 Å². The van der Waals surface area contributed by atoms with Crippen molar-refractivity contribution < 1.29 is 0 Å². The number of halogens is 1. The zero-order valence-electron chi connectivity index (χ0n) is 9.60. The topological polar surface area (TPSA) is 37.8 Å². The number of benzene rings is 1. The molecular weight excluding hydrogens is 286 g/mol. The molecule has 0 saturated heterocycles. The van der Waals surface area contributed by atoms with Gasteiger partial charge in [0.1, 0.15) is 6.33 Å². The van der Waals surface area contributed by atoms with Gasteiger partial charge < -0.3 is 5.32 Å². The van der Waals surface area contributed by atoms with E-state index in [9.17, 15) is 0 Å². The van der Waals surface area contributed by atoms with Crippen LogP contribution in [0.2, 0.25) is 5.02 Å². The van der Waals surface area contributed by atoms with Crippen molar-refractivity contribution in [2.75, 3.05) is 0 Å². The molecule has 1 N–H and O–H groups in total. The smallest absolute Gasteiger partial charge is 0.174 e. The fourth-order valence-electron chi connectivity index (χ4n) is 1.64. The van der Waals surface area contributed by atoms with Gasteiger partial charge in [0, 0.05) is 17.5 Å². The van der Waals surface area contributed by atoms with Gasteiger partial charge in [-0.2, -0.15) is 4.37 Å². The lowest BCUT2D eigenvalue weighted by Gasteiger charge is -2.10. The third-order valence-electron chi connectivity index (χ3n) is 2.74. The molecule has 0 unspecified atom stereocenters. The van der Waals surface area contributed by atoms with Crippen LogP contribution in [-0.4, -0.2) is 15.4 Å². The summed E-state index contributed by atoms with van der Waals surface area (Å²) in [6.45, 7) is 0.867. The second-order valence-corrected chi connectivity index (χ2v) is 6.64. The van der Waals surface area contributed by atoms with Crippen LogP contribution in [0.15, 0.2) is 33.8 Å². The number of hydrogen-bond donors (Lipinski definition) is 1. The van der Waals surface area contributed by atoms with E-state index < -0.39 is 0 Å². The van der Waals surface area contributed by atoms with Gasteiger partial charge in [0.2, 0.25) is 0 Å². The molecule has 1 aliphatic rings. The first-order valence-corrected chi connectivity index (χ1v) is 7.75. The number of hydrogen-bond acceptors (Lipinski definition) is 5. The molecule has 94 valence electrons. The summed E-state index contributed by atoms with van der Waals surface area (Å²) in [5.41, 5.74) is 1.23. The van der Waals surface area contributed by atoms with Crippen molar-refractivity contribution in [3.8, 4) is 0 Å². The highest BCUT2D eigenvalue weighted by atomic mass is 35.5. The number of nitrogens with zero attached hydrogens (tertiary/aromatic N) is 2. The highest BCUT2D eigenvalue weighted by Crippen LogP contribution is 2.36. The zero-order chi connectivity index (χ0) is 12.4. The van der Waals surface area contributed by atoms with E-state index >= 15 is 0 Å². The molecule has 1 aromatic carbocycles. The Bertz CT molecular complexity index is 526. The van der Waals surface area contributed by atoms with E-state index in [1.54, 1.807) is 18.1 Å². The lowest BCUT2D eigenvalue weighted by Crippen LogP contribution is -2.15. The van der Waals surface area contributed by atoms with Crippen molar-refractivity contribution in [3.63, 3.8) is 0 Å². The van der Waals surface area contributed by atoms with Gasteiger partial charge in [0.15, 0.2) is 4.34 Å². The molecule has 0 bridgehead atoms. The van der Waals surface area contributed by atoms with Gasteiger partial charge >= 0.3 is 0 Å². The molecule has 0 radical (unpaired) electrons. The van der Waals surface area contributed by atoms with Crippen molar-refractivity contribution in [2.24, 2.45) is 0 Å². The van der Waals surface area contributed by atoms with Crippen LogP contribution in [0.1, 0.15) is 18.4 Å². The largest absolute Gasteiger partial charge is 0.310 e. The van der Waals surface area contributed by atoms with Gasteiger partial charge in [-0.25, -0.2) is 4.98 Å². The quantitative estimate of drug-likeness (QED) is 0.915. The van der Waals surface area contributed by atoms with Gasteiger partial charge in [0.05, 0.1) is 5.02 Å². The molecule has 1 heterocycles. The van der Waals surface area contributed by atoms with Crippen LogP contribution in [0.5, 0.6) is 0 Å². The average Bonchev–Trinajstić information content (AvgIpc) is 3.06. The van der Waals surface area contributed by atoms with Crippen LogP contribution in [0.25, 0.3) is 0 Å². The highest BCUT2D eigenvalue weighted by Gasteiger charge is 2.21. The molecule has 1 aliphatic carbocycles. The summed E-state index contributed by atoms with van der Waals surface area (Å²) in [5, 5.41) is 4.30. The monoisotopic (exact) mass is 297 g/mol. The van der Waals surface area contributed by atoms with E-state index in [4.69, 9.17) is 11.6 Å². The first kappa shape index (κ1) is 12.4. The van der Waals surface area contributed by atoms with Crippen molar-refractivity contribution in [3.05, 3.63) is 35.1 Å². The van der Waals surface area contributed by atoms with Gasteiger partial charge in [-0.3, -0.25) is 0 Å². The Kier molecular flexibility index (Phi) is 3.84. The predicted octanol–water partition coefficient (Wildman–Crippen LogP) is 3.59. The molecule has 3 nitrogen and oxygen atoms in total. The van der Waals surface area contributed by atoms with E-state index in [0.29, 0.717) is 6.04 Å². The van der Waals surface area contributed by atoms with Crippen molar-refractivity contribution in [1.29, 1.82) is 0 Å². The minimum Gasteiger partial charge on any atom is -0.310 e. The summed E-state index contributed by atoms with van der Waals surface area (Å²) in [4.78, 5) is 5.28. The summed E-state index contributed by atoms with van der Waals surface area (Å²) >= 11 is 9.27. The van der Waals surface area contributed by atoms with Crippen LogP contribution >= 0.6 is 34.9 Å². The van der Waals surface area contributed by atoms with Crippen LogP contribution in [0, 0.1) is 0 Å². The molecule has 18 heavy (non-hydrogen) atoms. The lowest BCUT2D eigenvalue weighted by molar-refractivity contribution is 0.680. The fraction of sp³-hybridized carbons (Fsp3) is 0.333. The van der Waals surface area contributed by atoms with Crippen LogP contribution in [-0.2, 0) is 6.54 Å². The molecule has 0 amide bonds. The average molecular weight is 298 g/mol. The van der Waals surface area contributed by atoms with Crippen LogP contribution in [0.3, 0.4) is 0 Å². The Morgan fingerprint density at radius 3 is 3.06 bits per heavy atom. The molecule has 6 heteroatoms. The molecule has 0 spiro atoms. The van der Waals surface area contributed by atoms with Gasteiger partial charge in [-0.15, -0.1) is 0 Å². The highest BCUT2D eigenvalue weighted by molar-refractivity contribution is 8.01. The van der Waals surface area contributed by atoms with E-state index in [1.165, 1.54) is 29.9 Å². The lowest BCUT2D eigenvalue weighted by atomic mass is 10.2. The number of aromatic nitrogens is 2. The van der Waals surface area contributed by atoms with Crippen LogP contribution in [0.4, 0.5) is 0 Å². The normalized spacial score (nSPS) is 14.9. The fourth-order valence-corrected chi connectivity index (χ4v) is 3.47. The first-order valence-electron chi connectivity index (χ1n) is 5.78. The minimum atomic E-state index is 0.698. The van der Waals surface area contributed by atoms with E-state index in [0.717, 1.165) is 20.8 Å². The molecule has 1 aromatic heterocycles. The summed E-state index contributed by atoms with van der Waals surface area (Å²) in [6.07, 6.45) is 4.16. The molecule has 0 aliphatic heterocycles. The maximum Gasteiger partial charge on any atom is 0.174 e. The SMILES string of the molecule is Clc1cccc(CNC2CC2)c1Sc1ncns1. The predicted molar refractivity (Wildman–Crippen MR) is 75.3 cm³/mol. The maximum atomic E-state index is 6.29. The minimum absolute atomic E-state index is 0.698. The molecule has 3 rings (SSSR count). The first-order chi connectivity index (χ1) is 8.83. The number of nitrogens with one attached hydrogen (secondary N) is 1. The number of rotatable bonds is 5. The summed E-state index contributed by atoms with van der Waals surface area (Å²) in [7, 11) is 0. The second-order valence-electron chi connectivity index (χ2n) is 4.19. The standard InChI is InChI=1S/C12H12ClN3S2/c13-10-3-1-2-8(6-14-9-4-5-9)11(10)17-12-15-7-16-18-12/h1-3,7,9,14H,4-6H2. The van der Waals surface area contributed by atoms with E-state index in [1.807, 2.05) is 12.1 Å². The summed E-state index contributed by atoms with van der Waals surface area (Å²) < 4.78 is 4.94. The van der Waals surface area contributed by atoms with Gasteiger partial charge in [-0.05, 0) is 36.0 Å². The Labute approximate surface area is 119 Å². The Balaban J connectivity index is 1.80. The molecule has 0 atom stereocenters. The molecular formula is C12H12ClN3S2. The molecule has 1 saturated carbocycles. The molecule has 2 aromatic rings. The summed E-state index contributed by atoms with van der Waals surface area (Å²) in [5.74, 6) is 0. The Morgan fingerprint density at radius 2 is 2.33 bits per heavy atom. The zero-order valence-corrected chi connectivity index (χ0v) is 12.0. The Morgan fingerprint density at radius 1 is 1.44 bits per heavy atom. The third kappa shape index (κ3) is 3.03. The van der Waals surface area contributed by atoms with E-state index in [2.05, 4.69) is 20.7 Å². The van der Waals surface area contributed by atoms with Gasteiger partial charge in [-0.1, -0.05) is 35.5 Å². The Hall–Kier alpha value is -0.620. The second kappa shape index (κ2) is 5.57. The van der Waals surface area contributed by atoms with Gasteiger partial charge in [0.25, 0.3) is 0 Å². The molecule has 1 fully saturated rings. The van der Waals surface area contributed by atoms with Crippen molar-refractivity contribution >= 4 is 34.9 Å². The maximum absolute atomic E-state index is 6.29. The van der Waals surface area contributed by atoms with E-state index in [-0.39, 0.29) is 0 Å². The summed E-state index contributed by atoms with van der Waals surface area (Å²) in [6, 6.07) is 6.73. The third-order valence-corrected chi connectivity index (χ3v) is 5.07. The van der Waals surface area contributed by atoms with Crippen molar-refractivity contribution in [1.82, 2.24) is 14.7 Å².